The molecule has 1 aliphatic heterocycles. The van der Waals surface area contributed by atoms with E-state index in [9.17, 15) is 0 Å². The zero-order chi connectivity index (χ0) is 19.0. The normalized spacial score (nSPS) is 21.2. The SMILES string of the molecule is CCNC(=NCC1(N2CCOCC2)CCCCC1)NCCc1cnn(C)c1. The first-order valence-electron chi connectivity index (χ1n) is 10.5. The maximum atomic E-state index is 5.59. The number of aliphatic imine (C=N–C) groups is 1. The molecule has 0 radical (unpaired) electrons. The highest BCUT2D eigenvalue weighted by atomic mass is 16.5. The molecule has 0 aromatic carbocycles. The number of nitrogens with zero attached hydrogens (tertiary/aromatic N) is 4. The largest absolute Gasteiger partial charge is 0.379 e. The summed E-state index contributed by atoms with van der Waals surface area (Å²) in [6, 6.07) is 0. The molecular weight excluding hydrogens is 340 g/mol. The van der Waals surface area contributed by atoms with Crippen molar-refractivity contribution in [3.05, 3.63) is 18.0 Å². The summed E-state index contributed by atoms with van der Waals surface area (Å²) < 4.78 is 7.44. The molecule has 27 heavy (non-hydrogen) atoms. The number of morpholine rings is 1. The highest BCUT2D eigenvalue weighted by Gasteiger charge is 2.38. The maximum Gasteiger partial charge on any atom is 0.191 e. The summed E-state index contributed by atoms with van der Waals surface area (Å²) in [6.45, 7) is 8.53. The van der Waals surface area contributed by atoms with Gasteiger partial charge in [0.1, 0.15) is 0 Å². The second kappa shape index (κ2) is 10.1. The maximum absolute atomic E-state index is 5.59. The second-order valence-corrected chi connectivity index (χ2v) is 7.78. The highest BCUT2D eigenvalue weighted by molar-refractivity contribution is 5.79. The molecule has 3 rings (SSSR count). The Balaban J connectivity index is 1.60. The van der Waals surface area contributed by atoms with Crippen molar-refractivity contribution >= 4 is 5.96 Å². The molecule has 152 valence electrons. The Morgan fingerprint density at radius 3 is 2.67 bits per heavy atom. The van der Waals surface area contributed by atoms with E-state index in [1.807, 2.05) is 17.9 Å². The van der Waals surface area contributed by atoms with E-state index in [-0.39, 0.29) is 5.54 Å². The fourth-order valence-electron chi connectivity index (χ4n) is 4.32. The average molecular weight is 377 g/mol. The van der Waals surface area contributed by atoms with Crippen LogP contribution >= 0.6 is 0 Å². The van der Waals surface area contributed by atoms with Crippen molar-refractivity contribution in [3.63, 3.8) is 0 Å². The number of hydrogen-bond acceptors (Lipinski definition) is 4. The van der Waals surface area contributed by atoms with Crippen molar-refractivity contribution in [2.75, 3.05) is 45.9 Å². The van der Waals surface area contributed by atoms with E-state index in [0.717, 1.165) is 58.3 Å². The van der Waals surface area contributed by atoms with Crippen LogP contribution in [0, 0.1) is 0 Å². The minimum atomic E-state index is 0.216. The molecule has 1 aliphatic carbocycles. The van der Waals surface area contributed by atoms with Crippen molar-refractivity contribution in [1.29, 1.82) is 0 Å². The first-order valence-corrected chi connectivity index (χ1v) is 10.5. The first-order chi connectivity index (χ1) is 13.2. The Kier molecular flexibility index (Phi) is 7.52. The van der Waals surface area contributed by atoms with Crippen molar-refractivity contribution in [2.24, 2.45) is 12.0 Å². The van der Waals surface area contributed by atoms with Crippen LogP contribution in [0.15, 0.2) is 17.4 Å². The summed E-state index contributed by atoms with van der Waals surface area (Å²) in [7, 11) is 1.96. The van der Waals surface area contributed by atoms with E-state index in [0.29, 0.717) is 0 Å². The van der Waals surface area contributed by atoms with Gasteiger partial charge in [0, 0.05) is 45.0 Å². The number of aromatic nitrogens is 2. The highest BCUT2D eigenvalue weighted by Crippen LogP contribution is 2.34. The third-order valence-electron chi connectivity index (χ3n) is 5.81. The second-order valence-electron chi connectivity index (χ2n) is 7.78. The number of rotatable bonds is 7. The fraction of sp³-hybridized carbons (Fsp3) is 0.800. The Bertz CT molecular complexity index is 587. The van der Waals surface area contributed by atoms with Crippen LogP contribution in [0.1, 0.15) is 44.6 Å². The predicted octanol–water partition coefficient (Wildman–Crippen LogP) is 1.55. The monoisotopic (exact) mass is 376 g/mol. The van der Waals surface area contributed by atoms with Crippen molar-refractivity contribution < 1.29 is 4.74 Å². The zero-order valence-electron chi connectivity index (χ0n) is 17.0. The number of hydrogen-bond donors (Lipinski definition) is 2. The van der Waals surface area contributed by atoms with Gasteiger partial charge in [0.25, 0.3) is 0 Å². The molecule has 0 atom stereocenters. The Morgan fingerprint density at radius 2 is 2.00 bits per heavy atom. The third-order valence-corrected chi connectivity index (χ3v) is 5.81. The predicted molar refractivity (Wildman–Crippen MR) is 109 cm³/mol. The molecule has 2 N–H and O–H groups in total. The summed E-state index contributed by atoms with van der Waals surface area (Å²) in [5.74, 6) is 0.930. The van der Waals surface area contributed by atoms with Crippen LogP contribution in [-0.4, -0.2) is 72.1 Å². The van der Waals surface area contributed by atoms with Crippen LogP contribution in [0.25, 0.3) is 0 Å². The van der Waals surface area contributed by atoms with Crippen LogP contribution < -0.4 is 10.6 Å². The minimum absolute atomic E-state index is 0.216. The molecule has 0 amide bonds. The standard InChI is InChI=1S/C20H36N6O/c1-3-21-19(22-10-7-18-15-24-25(2)16-18)23-17-20(8-5-4-6-9-20)26-11-13-27-14-12-26/h15-16H,3-14,17H2,1-2H3,(H2,21,22,23). The quantitative estimate of drug-likeness (QED) is 0.558. The molecule has 1 saturated carbocycles. The van der Waals surface area contributed by atoms with E-state index in [2.05, 4.69) is 33.8 Å². The van der Waals surface area contributed by atoms with Crippen molar-refractivity contribution in [2.45, 2.75) is 51.0 Å². The summed E-state index contributed by atoms with van der Waals surface area (Å²) in [6.07, 6.45) is 11.5. The van der Waals surface area contributed by atoms with Gasteiger partial charge < -0.3 is 15.4 Å². The van der Waals surface area contributed by atoms with Gasteiger partial charge in [-0.15, -0.1) is 0 Å². The molecule has 2 fully saturated rings. The molecule has 2 heterocycles. The van der Waals surface area contributed by atoms with Gasteiger partial charge in [-0.25, -0.2) is 0 Å². The molecule has 1 aromatic rings. The lowest BCUT2D eigenvalue weighted by atomic mass is 9.80. The van der Waals surface area contributed by atoms with Gasteiger partial charge in [-0.2, -0.15) is 5.10 Å². The molecule has 2 aliphatic rings. The van der Waals surface area contributed by atoms with Crippen molar-refractivity contribution in [3.8, 4) is 0 Å². The van der Waals surface area contributed by atoms with Crippen molar-refractivity contribution in [1.82, 2.24) is 25.3 Å². The fourth-order valence-corrected chi connectivity index (χ4v) is 4.32. The molecule has 1 saturated heterocycles. The van der Waals surface area contributed by atoms with E-state index in [1.54, 1.807) is 0 Å². The molecule has 1 aromatic heterocycles. The van der Waals surface area contributed by atoms with Crippen LogP contribution in [0.2, 0.25) is 0 Å². The third kappa shape index (κ3) is 5.69. The van der Waals surface area contributed by atoms with E-state index < -0.39 is 0 Å². The lowest BCUT2D eigenvalue weighted by Gasteiger charge is -2.47. The first kappa shape index (κ1) is 20.1. The van der Waals surface area contributed by atoms with E-state index >= 15 is 0 Å². The van der Waals surface area contributed by atoms with Crippen LogP contribution in [0.5, 0.6) is 0 Å². The lowest BCUT2D eigenvalue weighted by Crippen LogP contribution is -2.56. The van der Waals surface area contributed by atoms with Gasteiger partial charge in [-0.3, -0.25) is 14.6 Å². The van der Waals surface area contributed by atoms with Gasteiger partial charge in [-0.1, -0.05) is 19.3 Å². The molecule has 0 spiro atoms. The van der Waals surface area contributed by atoms with Crippen LogP contribution in [0.4, 0.5) is 0 Å². The number of guanidine groups is 1. The number of aryl methyl sites for hydroxylation is 1. The lowest BCUT2D eigenvalue weighted by molar-refractivity contribution is -0.0333. The zero-order valence-corrected chi connectivity index (χ0v) is 17.0. The Morgan fingerprint density at radius 1 is 1.22 bits per heavy atom. The van der Waals surface area contributed by atoms with Gasteiger partial charge in [0.15, 0.2) is 5.96 Å². The van der Waals surface area contributed by atoms with Gasteiger partial charge in [0.2, 0.25) is 0 Å². The molecule has 0 unspecified atom stereocenters. The molecular formula is C20H36N6O. The van der Waals surface area contributed by atoms with Gasteiger partial charge in [-0.05, 0) is 31.7 Å². The van der Waals surface area contributed by atoms with Crippen LogP contribution in [0.3, 0.4) is 0 Å². The Labute approximate surface area is 163 Å². The number of nitrogens with one attached hydrogen (secondary N) is 2. The topological polar surface area (TPSA) is 66.7 Å². The van der Waals surface area contributed by atoms with Gasteiger partial charge >= 0.3 is 0 Å². The molecule has 7 heteroatoms. The number of ether oxygens (including phenoxy) is 1. The minimum Gasteiger partial charge on any atom is -0.379 e. The van der Waals surface area contributed by atoms with Gasteiger partial charge in [0.05, 0.1) is 26.0 Å². The summed E-state index contributed by atoms with van der Waals surface area (Å²) in [4.78, 5) is 7.66. The Hall–Kier alpha value is -1.60. The molecule has 0 bridgehead atoms. The van der Waals surface area contributed by atoms with E-state index in [1.165, 1.54) is 37.7 Å². The summed E-state index contributed by atoms with van der Waals surface area (Å²) in [5, 5.41) is 11.1. The molecule has 7 nitrogen and oxygen atoms in total. The smallest absolute Gasteiger partial charge is 0.191 e. The average Bonchev–Trinajstić information content (AvgIpc) is 3.12. The van der Waals surface area contributed by atoms with Crippen LogP contribution in [-0.2, 0) is 18.2 Å². The summed E-state index contributed by atoms with van der Waals surface area (Å²) >= 11 is 0. The summed E-state index contributed by atoms with van der Waals surface area (Å²) in [5.41, 5.74) is 1.46. The van der Waals surface area contributed by atoms with E-state index in [4.69, 9.17) is 9.73 Å².